The van der Waals surface area contributed by atoms with E-state index in [2.05, 4.69) is 10.6 Å². The molecule has 0 aliphatic carbocycles. The highest BCUT2D eigenvalue weighted by Crippen LogP contribution is 2.17. The number of carbonyl (C=O) groups is 1. The highest BCUT2D eigenvalue weighted by Gasteiger charge is 2.15. The molecule has 7 nitrogen and oxygen atoms in total. The van der Waals surface area contributed by atoms with E-state index in [1.165, 1.54) is 18.2 Å². The minimum atomic E-state index is -0.499. The van der Waals surface area contributed by atoms with Gasteiger partial charge in [-0.2, -0.15) is 0 Å². The summed E-state index contributed by atoms with van der Waals surface area (Å²) < 4.78 is 5.51. The fourth-order valence-electron chi connectivity index (χ4n) is 2.05. The van der Waals surface area contributed by atoms with Gasteiger partial charge in [0.2, 0.25) is 5.91 Å². The third-order valence-electron chi connectivity index (χ3n) is 3.08. The molecule has 0 bridgehead atoms. The van der Waals surface area contributed by atoms with Crippen molar-refractivity contribution >= 4 is 17.3 Å². The molecule has 2 rings (SSSR count). The molecular formula is C13H17N3O4. The Morgan fingerprint density at radius 1 is 1.45 bits per heavy atom. The van der Waals surface area contributed by atoms with Gasteiger partial charge in [-0.3, -0.25) is 14.9 Å². The van der Waals surface area contributed by atoms with Gasteiger partial charge in [-0.15, -0.1) is 0 Å². The minimum Gasteiger partial charge on any atom is -0.368 e. The van der Waals surface area contributed by atoms with E-state index in [1.54, 1.807) is 6.07 Å². The van der Waals surface area contributed by atoms with Crippen molar-refractivity contribution in [1.82, 2.24) is 5.32 Å². The minimum absolute atomic E-state index is 0.0344. The summed E-state index contributed by atoms with van der Waals surface area (Å²) >= 11 is 0. The van der Waals surface area contributed by atoms with Crippen LogP contribution in [0.15, 0.2) is 24.3 Å². The number of non-ortho nitro benzene ring substituents is 1. The summed E-state index contributed by atoms with van der Waals surface area (Å²) in [6.45, 7) is 1.77. The molecule has 0 spiro atoms. The maximum Gasteiger partial charge on any atom is 0.271 e. The third-order valence-corrected chi connectivity index (χ3v) is 3.08. The predicted octanol–water partition coefficient (Wildman–Crippen LogP) is 1.30. The lowest BCUT2D eigenvalue weighted by molar-refractivity contribution is -0.384. The highest BCUT2D eigenvalue weighted by atomic mass is 16.6. The zero-order valence-corrected chi connectivity index (χ0v) is 11.0. The Kier molecular flexibility index (Phi) is 5.03. The van der Waals surface area contributed by atoms with Gasteiger partial charge in [-0.1, -0.05) is 6.07 Å². The van der Waals surface area contributed by atoms with Gasteiger partial charge in [-0.25, -0.2) is 0 Å². The van der Waals surface area contributed by atoms with Crippen LogP contribution in [0, 0.1) is 10.1 Å². The van der Waals surface area contributed by atoms with Gasteiger partial charge in [-0.05, 0) is 32.0 Å². The number of rotatable bonds is 5. The van der Waals surface area contributed by atoms with E-state index in [9.17, 15) is 14.9 Å². The first-order valence-electron chi connectivity index (χ1n) is 6.52. The molecule has 0 aromatic heterocycles. The average Bonchev–Trinajstić information content (AvgIpc) is 2.46. The highest BCUT2D eigenvalue weighted by molar-refractivity contribution is 5.91. The molecule has 7 heteroatoms. The topological polar surface area (TPSA) is 93.5 Å². The quantitative estimate of drug-likeness (QED) is 0.626. The maximum atomic E-state index is 11.7. The summed E-state index contributed by atoms with van der Waals surface area (Å²) in [5.41, 5.74) is 0.347. The van der Waals surface area contributed by atoms with Gasteiger partial charge >= 0.3 is 0 Å². The number of hydrogen-bond acceptors (Lipinski definition) is 5. The molecule has 1 aromatic rings. The smallest absolute Gasteiger partial charge is 0.271 e. The second-order valence-corrected chi connectivity index (χ2v) is 4.62. The second kappa shape index (κ2) is 6.97. The van der Waals surface area contributed by atoms with Crippen LogP contribution in [0.5, 0.6) is 0 Å². The summed E-state index contributed by atoms with van der Waals surface area (Å²) in [6, 6.07) is 5.83. The van der Waals surface area contributed by atoms with Gasteiger partial charge in [0.25, 0.3) is 5.69 Å². The summed E-state index contributed by atoms with van der Waals surface area (Å²) in [7, 11) is 0. The van der Waals surface area contributed by atoms with E-state index in [0.717, 1.165) is 25.9 Å². The van der Waals surface area contributed by atoms with Gasteiger partial charge < -0.3 is 15.4 Å². The number of carbonyl (C=O) groups excluding carboxylic acids is 1. The van der Waals surface area contributed by atoms with Crippen LogP contribution in [0.2, 0.25) is 0 Å². The first-order chi connectivity index (χ1) is 9.65. The molecule has 1 saturated heterocycles. The molecule has 0 atom stereocenters. The van der Waals surface area contributed by atoms with Crippen molar-refractivity contribution in [3.8, 4) is 0 Å². The summed E-state index contributed by atoms with van der Waals surface area (Å²) in [5, 5.41) is 16.4. The van der Waals surface area contributed by atoms with E-state index >= 15 is 0 Å². The number of nitro benzene ring substituents is 1. The first-order valence-corrected chi connectivity index (χ1v) is 6.52. The Bertz CT molecular complexity index is 486. The number of piperidine rings is 1. The van der Waals surface area contributed by atoms with E-state index in [0.29, 0.717) is 5.69 Å². The molecule has 1 fully saturated rings. The fraction of sp³-hybridized carbons (Fsp3) is 0.462. The summed E-state index contributed by atoms with van der Waals surface area (Å²) in [4.78, 5) is 21.8. The predicted molar refractivity (Wildman–Crippen MR) is 73.6 cm³/mol. The third kappa shape index (κ3) is 4.29. The van der Waals surface area contributed by atoms with Crippen molar-refractivity contribution in [2.45, 2.75) is 18.9 Å². The molecular weight excluding hydrogens is 262 g/mol. The number of ether oxygens (including phenoxy) is 1. The number of nitrogens with zero attached hydrogens (tertiary/aromatic N) is 1. The molecule has 0 saturated carbocycles. The zero-order chi connectivity index (χ0) is 14.4. The molecule has 1 aliphatic rings. The van der Waals surface area contributed by atoms with Gasteiger partial charge in [0.15, 0.2) is 0 Å². The summed E-state index contributed by atoms with van der Waals surface area (Å²) in [6.07, 6.45) is 1.89. The molecule has 1 amide bonds. The van der Waals surface area contributed by atoms with Gasteiger partial charge in [0, 0.05) is 17.8 Å². The Balaban J connectivity index is 1.81. The van der Waals surface area contributed by atoms with Crippen molar-refractivity contribution in [1.29, 1.82) is 0 Å². The van der Waals surface area contributed by atoms with Crippen LogP contribution >= 0.6 is 0 Å². The van der Waals surface area contributed by atoms with Crippen LogP contribution in [-0.4, -0.2) is 36.6 Å². The van der Waals surface area contributed by atoms with Crippen LogP contribution < -0.4 is 10.6 Å². The van der Waals surface area contributed by atoms with E-state index in [1.807, 2.05) is 0 Å². The van der Waals surface area contributed by atoms with Gasteiger partial charge in [0.05, 0.1) is 11.0 Å². The number of amides is 1. The standard InChI is InChI=1S/C13H17N3O4/c17-13(9-20-12-4-6-14-7-5-12)15-10-2-1-3-11(8-10)16(18)19/h1-3,8,12,14H,4-7,9H2,(H,15,17). The van der Waals surface area contributed by atoms with E-state index < -0.39 is 4.92 Å². The number of hydrogen-bond donors (Lipinski definition) is 2. The fourth-order valence-corrected chi connectivity index (χ4v) is 2.05. The maximum absolute atomic E-state index is 11.7. The molecule has 108 valence electrons. The molecule has 1 aromatic carbocycles. The Labute approximate surface area is 116 Å². The van der Waals surface area contributed by atoms with Crippen LogP contribution in [0.4, 0.5) is 11.4 Å². The van der Waals surface area contributed by atoms with Crippen molar-refractivity contribution in [3.05, 3.63) is 34.4 Å². The van der Waals surface area contributed by atoms with Crippen molar-refractivity contribution in [2.75, 3.05) is 25.0 Å². The second-order valence-electron chi connectivity index (χ2n) is 4.62. The molecule has 1 aliphatic heterocycles. The average molecular weight is 279 g/mol. The normalized spacial score (nSPS) is 15.8. The molecule has 20 heavy (non-hydrogen) atoms. The molecule has 0 radical (unpaired) electrons. The van der Waals surface area contributed by atoms with Crippen LogP contribution in [0.3, 0.4) is 0 Å². The Morgan fingerprint density at radius 2 is 2.20 bits per heavy atom. The molecule has 2 N–H and O–H groups in total. The zero-order valence-electron chi connectivity index (χ0n) is 11.0. The monoisotopic (exact) mass is 279 g/mol. The number of benzene rings is 1. The Hall–Kier alpha value is -1.99. The SMILES string of the molecule is O=C(COC1CCNCC1)Nc1cccc([N+](=O)[O-])c1. The van der Waals surface area contributed by atoms with E-state index in [4.69, 9.17) is 4.74 Å². The number of nitro groups is 1. The van der Waals surface area contributed by atoms with E-state index in [-0.39, 0.29) is 24.3 Å². The summed E-state index contributed by atoms with van der Waals surface area (Å²) in [5.74, 6) is -0.302. The van der Waals surface area contributed by atoms with Crippen LogP contribution in [-0.2, 0) is 9.53 Å². The Morgan fingerprint density at radius 3 is 2.90 bits per heavy atom. The molecule has 0 unspecified atom stereocenters. The van der Waals surface area contributed by atoms with Gasteiger partial charge in [0.1, 0.15) is 6.61 Å². The largest absolute Gasteiger partial charge is 0.368 e. The molecule has 1 heterocycles. The lowest BCUT2D eigenvalue weighted by atomic mass is 10.1. The lowest BCUT2D eigenvalue weighted by Crippen LogP contribution is -2.34. The van der Waals surface area contributed by atoms with Crippen molar-refractivity contribution in [3.63, 3.8) is 0 Å². The van der Waals surface area contributed by atoms with Crippen LogP contribution in [0.1, 0.15) is 12.8 Å². The number of anilines is 1. The van der Waals surface area contributed by atoms with Crippen molar-refractivity contribution in [2.24, 2.45) is 0 Å². The number of nitrogens with one attached hydrogen (secondary N) is 2. The van der Waals surface area contributed by atoms with Crippen LogP contribution in [0.25, 0.3) is 0 Å². The lowest BCUT2D eigenvalue weighted by Gasteiger charge is -2.22. The van der Waals surface area contributed by atoms with Crippen molar-refractivity contribution < 1.29 is 14.5 Å². The first kappa shape index (κ1) is 14.4.